The van der Waals surface area contributed by atoms with E-state index in [4.69, 9.17) is 9.15 Å². The molecule has 2 heterocycles. The van der Waals surface area contributed by atoms with Crippen LogP contribution in [0.3, 0.4) is 0 Å². The number of anilines is 2. The number of pyridine rings is 1. The van der Waals surface area contributed by atoms with Crippen molar-refractivity contribution in [1.29, 1.82) is 0 Å². The number of carboxylic acids is 1. The second kappa shape index (κ2) is 7.32. The van der Waals surface area contributed by atoms with Crippen LogP contribution in [0.25, 0.3) is 22.4 Å². The summed E-state index contributed by atoms with van der Waals surface area (Å²) in [6.45, 7) is 0. The Labute approximate surface area is 168 Å². The van der Waals surface area contributed by atoms with Gasteiger partial charge in [0.1, 0.15) is 17.6 Å². The van der Waals surface area contributed by atoms with Crippen molar-refractivity contribution in [2.45, 2.75) is 0 Å². The van der Waals surface area contributed by atoms with Crippen LogP contribution < -0.4 is 10.1 Å². The van der Waals surface area contributed by atoms with Crippen molar-refractivity contribution >= 4 is 44.2 Å². The number of aromatic carboxylic acids is 1. The first kappa shape index (κ1) is 18.0. The summed E-state index contributed by atoms with van der Waals surface area (Å²) in [5.41, 5.74) is 2.38. The van der Waals surface area contributed by atoms with Crippen molar-refractivity contribution < 1.29 is 19.1 Å². The van der Waals surface area contributed by atoms with E-state index >= 15 is 0 Å². The van der Waals surface area contributed by atoms with Gasteiger partial charge < -0.3 is 19.6 Å². The number of hydrogen-bond acceptors (Lipinski definition) is 6. The highest BCUT2D eigenvalue weighted by Crippen LogP contribution is 2.38. The lowest BCUT2D eigenvalue weighted by atomic mass is 10.1. The molecule has 4 aromatic rings. The smallest absolute Gasteiger partial charge is 0.341 e. The van der Waals surface area contributed by atoms with Gasteiger partial charge in [-0.2, -0.15) is 0 Å². The van der Waals surface area contributed by atoms with Crippen molar-refractivity contribution in [2.75, 3.05) is 12.4 Å². The van der Waals surface area contributed by atoms with E-state index in [-0.39, 0.29) is 11.3 Å². The predicted molar refractivity (Wildman–Crippen MR) is 108 cm³/mol. The molecule has 8 heteroatoms. The van der Waals surface area contributed by atoms with Crippen molar-refractivity contribution in [1.82, 2.24) is 9.97 Å². The van der Waals surface area contributed by atoms with Gasteiger partial charge in [-0.05, 0) is 30.3 Å². The minimum Gasteiger partial charge on any atom is -0.496 e. The van der Waals surface area contributed by atoms with Crippen LogP contribution in [0.2, 0.25) is 0 Å². The van der Waals surface area contributed by atoms with Crippen LogP contribution in [0.5, 0.6) is 5.75 Å². The van der Waals surface area contributed by atoms with E-state index in [1.807, 2.05) is 18.2 Å². The number of hydrogen-bond donors (Lipinski definition) is 2. The maximum Gasteiger partial charge on any atom is 0.341 e. The van der Waals surface area contributed by atoms with Gasteiger partial charge in [-0.3, -0.25) is 4.98 Å². The van der Waals surface area contributed by atoms with Crippen LogP contribution in [0.4, 0.5) is 11.4 Å². The summed E-state index contributed by atoms with van der Waals surface area (Å²) in [4.78, 5) is 20.5. The molecule has 0 bridgehead atoms. The van der Waals surface area contributed by atoms with Gasteiger partial charge in [-0.1, -0.05) is 22.0 Å². The number of halogens is 1. The molecule has 0 aliphatic heterocycles. The van der Waals surface area contributed by atoms with Crippen LogP contribution >= 0.6 is 15.9 Å². The summed E-state index contributed by atoms with van der Waals surface area (Å²) >= 11 is 3.48. The molecule has 0 fully saturated rings. The quantitative estimate of drug-likeness (QED) is 0.446. The normalized spacial score (nSPS) is 10.8. The SMILES string of the molecule is COc1cccc(Nc2c(-c3ncco3)cnc3ccc(Br)cc23)c1C(=O)O. The second-order valence-corrected chi connectivity index (χ2v) is 6.77. The Hall–Kier alpha value is -3.39. The molecule has 0 spiro atoms. The van der Waals surface area contributed by atoms with E-state index in [0.29, 0.717) is 22.8 Å². The van der Waals surface area contributed by atoms with Gasteiger partial charge in [-0.25, -0.2) is 9.78 Å². The maximum absolute atomic E-state index is 11.9. The Balaban J connectivity index is 1.97. The van der Waals surface area contributed by atoms with Crippen molar-refractivity contribution in [3.05, 3.63) is 65.1 Å². The number of carbonyl (C=O) groups is 1. The van der Waals surface area contributed by atoms with Crippen LogP contribution in [0.15, 0.2) is 63.9 Å². The van der Waals surface area contributed by atoms with E-state index in [9.17, 15) is 9.90 Å². The second-order valence-electron chi connectivity index (χ2n) is 5.86. The largest absolute Gasteiger partial charge is 0.496 e. The molecular weight excluding hydrogens is 426 g/mol. The third kappa shape index (κ3) is 3.18. The summed E-state index contributed by atoms with van der Waals surface area (Å²) in [5, 5.41) is 13.7. The average molecular weight is 440 g/mol. The summed E-state index contributed by atoms with van der Waals surface area (Å²) in [7, 11) is 1.43. The van der Waals surface area contributed by atoms with Gasteiger partial charge in [0.2, 0.25) is 5.89 Å². The van der Waals surface area contributed by atoms with Crippen LogP contribution in [-0.4, -0.2) is 28.2 Å². The molecular formula is C20H14BrN3O4. The molecule has 4 rings (SSSR count). The number of methoxy groups -OCH3 is 1. The first-order valence-corrected chi connectivity index (χ1v) is 9.03. The number of ether oxygens (including phenoxy) is 1. The van der Waals surface area contributed by atoms with Gasteiger partial charge in [0, 0.05) is 16.1 Å². The van der Waals surface area contributed by atoms with Gasteiger partial charge in [0.25, 0.3) is 0 Å². The highest BCUT2D eigenvalue weighted by atomic mass is 79.9. The maximum atomic E-state index is 11.9. The molecule has 28 heavy (non-hydrogen) atoms. The van der Waals surface area contributed by atoms with Crippen molar-refractivity contribution in [3.8, 4) is 17.2 Å². The molecule has 0 amide bonds. The zero-order chi connectivity index (χ0) is 19.7. The fraction of sp³-hybridized carbons (Fsp3) is 0.0500. The third-order valence-electron chi connectivity index (χ3n) is 4.21. The number of benzene rings is 2. The molecule has 2 aromatic carbocycles. The van der Waals surface area contributed by atoms with Gasteiger partial charge in [0.15, 0.2) is 0 Å². The first-order valence-electron chi connectivity index (χ1n) is 8.24. The molecule has 0 saturated heterocycles. The molecule has 0 aliphatic rings. The minimum absolute atomic E-state index is 0.0308. The van der Waals surface area contributed by atoms with E-state index in [2.05, 4.69) is 31.2 Å². The molecule has 0 saturated carbocycles. The number of nitrogens with one attached hydrogen (secondary N) is 1. The summed E-state index contributed by atoms with van der Waals surface area (Å²) < 4.78 is 11.5. The number of carboxylic acid groups (broad SMARTS) is 1. The fourth-order valence-electron chi connectivity index (χ4n) is 2.98. The molecule has 7 nitrogen and oxygen atoms in total. The van der Waals surface area contributed by atoms with Crippen molar-refractivity contribution in [3.63, 3.8) is 0 Å². The zero-order valence-electron chi connectivity index (χ0n) is 14.6. The molecule has 140 valence electrons. The number of nitrogens with zero attached hydrogens (tertiary/aromatic N) is 2. The molecule has 0 radical (unpaired) electrons. The number of fused-ring (bicyclic) bond motifs is 1. The van der Waals surface area contributed by atoms with E-state index in [1.54, 1.807) is 30.6 Å². The van der Waals surface area contributed by atoms with Gasteiger partial charge in [-0.15, -0.1) is 0 Å². The summed E-state index contributed by atoms with van der Waals surface area (Å²) in [6, 6.07) is 10.7. The highest BCUT2D eigenvalue weighted by Gasteiger charge is 2.20. The number of rotatable bonds is 5. The Bertz CT molecular complexity index is 1180. The average Bonchev–Trinajstić information content (AvgIpc) is 3.22. The summed E-state index contributed by atoms with van der Waals surface area (Å²) in [6.07, 6.45) is 4.65. The van der Waals surface area contributed by atoms with Crippen LogP contribution in [0, 0.1) is 0 Å². The van der Waals surface area contributed by atoms with Gasteiger partial charge >= 0.3 is 5.97 Å². The molecule has 0 atom stereocenters. The topological polar surface area (TPSA) is 97.5 Å². The first-order chi connectivity index (χ1) is 13.6. The monoisotopic (exact) mass is 439 g/mol. The lowest BCUT2D eigenvalue weighted by Gasteiger charge is -2.16. The predicted octanol–water partition coefficient (Wildman–Crippen LogP) is 5.10. The van der Waals surface area contributed by atoms with Crippen molar-refractivity contribution in [2.24, 2.45) is 0 Å². The van der Waals surface area contributed by atoms with Gasteiger partial charge in [0.05, 0.1) is 35.8 Å². The number of oxazole rings is 1. The Morgan fingerprint density at radius 1 is 1.25 bits per heavy atom. The zero-order valence-corrected chi connectivity index (χ0v) is 16.2. The highest BCUT2D eigenvalue weighted by molar-refractivity contribution is 9.10. The molecule has 0 unspecified atom stereocenters. The number of aromatic nitrogens is 2. The van der Waals surface area contributed by atoms with E-state index < -0.39 is 5.97 Å². The molecule has 2 aromatic heterocycles. The Kier molecular flexibility index (Phi) is 4.70. The lowest BCUT2D eigenvalue weighted by molar-refractivity contribution is 0.0694. The summed E-state index contributed by atoms with van der Waals surface area (Å²) in [5.74, 6) is -0.469. The van der Waals surface area contributed by atoms with E-state index in [1.165, 1.54) is 13.4 Å². The van der Waals surface area contributed by atoms with E-state index in [0.717, 1.165) is 15.4 Å². The lowest BCUT2D eigenvalue weighted by Crippen LogP contribution is -2.06. The Morgan fingerprint density at radius 3 is 2.82 bits per heavy atom. The standard InChI is InChI=1S/C20H14BrN3O4/c1-27-16-4-2-3-15(17(16)20(25)26)24-18-12-9-11(21)5-6-14(12)23-10-13(18)19-22-7-8-28-19/h2-10H,1H3,(H,23,24)(H,25,26). The molecule has 2 N–H and O–H groups in total. The minimum atomic E-state index is -1.10. The van der Waals surface area contributed by atoms with Crippen LogP contribution in [-0.2, 0) is 0 Å². The van der Waals surface area contributed by atoms with Crippen LogP contribution in [0.1, 0.15) is 10.4 Å². The third-order valence-corrected chi connectivity index (χ3v) is 4.71. The molecule has 0 aliphatic carbocycles. The Morgan fingerprint density at radius 2 is 2.11 bits per heavy atom. The fourth-order valence-corrected chi connectivity index (χ4v) is 3.34.